The van der Waals surface area contributed by atoms with Crippen LogP contribution in [-0.4, -0.2) is 100 Å². The molecular formula is C34H53NO8Si. The highest BCUT2D eigenvalue weighted by Crippen LogP contribution is 2.44. The zero-order chi connectivity index (χ0) is 31.7. The van der Waals surface area contributed by atoms with Crippen LogP contribution < -0.4 is 5.32 Å². The molecule has 0 saturated heterocycles. The van der Waals surface area contributed by atoms with Gasteiger partial charge < -0.3 is 38.2 Å². The van der Waals surface area contributed by atoms with E-state index in [0.29, 0.717) is 92.2 Å². The van der Waals surface area contributed by atoms with Crippen LogP contribution in [0.3, 0.4) is 0 Å². The van der Waals surface area contributed by atoms with Gasteiger partial charge in [-0.15, -0.1) is 0 Å². The van der Waals surface area contributed by atoms with Gasteiger partial charge in [0.1, 0.15) is 6.61 Å². The molecule has 246 valence electrons. The molecule has 0 bridgehead atoms. The van der Waals surface area contributed by atoms with Gasteiger partial charge in [-0.05, 0) is 46.8 Å². The molecule has 1 amide bonds. The van der Waals surface area contributed by atoms with Gasteiger partial charge in [-0.3, -0.25) is 0 Å². The molecule has 0 spiro atoms. The Hall–Kier alpha value is -2.31. The zero-order valence-electron chi connectivity index (χ0n) is 27.4. The molecule has 0 unspecified atom stereocenters. The normalized spacial score (nSPS) is 13.1. The second-order valence-corrected chi connectivity index (χ2v) is 17.1. The Kier molecular flexibility index (Phi) is 15.8. The molecule has 10 heteroatoms. The fourth-order valence-electron chi connectivity index (χ4n) is 4.57. The third-order valence-corrected chi connectivity index (χ3v) is 12.6. The predicted molar refractivity (Wildman–Crippen MR) is 175 cm³/mol. The SMILES string of the molecule is CC(C)(C)[Si](C)(C)OCCOCCOCCOCCOCCOCCCNC(=O)OCC1c2ccccc2-c2ccccc21. The van der Waals surface area contributed by atoms with Gasteiger partial charge in [0.05, 0.1) is 66.1 Å². The summed E-state index contributed by atoms with van der Waals surface area (Å²) < 4.78 is 39.4. The lowest BCUT2D eigenvalue weighted by Gasteiger charge is -2.36. The van der Waals surface area contributed by atoms with E-state index >= 15 is 0 Å². The van der Waals surface area contributed by atoms with Crippen molar-refractivity contribution in [3.05, 3.63) is 59.7 Å². The zero-order valence-corrected chi connectivity index (χ0v) is 28.4. The van der Waals surface area contributed by atoms with Crippen LogP contribution in [0.25, 0.3) is 11.1 Å². The second-order valence-electron chi connectivity index (χ2n) is 12.3. The Morgan fingerprint density at radius 2 is 1.11 bits per heavy atom. The monoisotopic (exact) mass is 631 g/mol. The van der Waals surface area contributed by atoms with Crippen LogP contribution in [0.15, 0.2) is 48.5 Å². The van der Waals surface area contributed by atoms with Crippen LogP contribution in [0.5, 0.6) is 0 Å². The highest BCUT2D eigenvalue weighted by Gasteiger charge is 2.36. The van der Waals surface area contributed by atoms with Gasteiger partial charge in [-0.2, -0.15) is 0 Å². The lowest BCUT2D eigenvalue weighted by atomic mass is 9.98. The quantitative estimate of drug-likeness (QED) is 0.125. The summed E-state index contributed by atoms with van der Waals surface area (Å²) in [4.78, 5) is 12.2. The molecule has 0 aliphatic heterocycles. The van der Waals surface area contributed by atoms with E-state index in [1.807, 2.05) is 24.3 Å². The molecule has 44 heavy (non-hydrogen) atoms. The number of benzene rings is 2. The average molecular weight is 632 g/mol. The van der Waals surface area contributed by atoms with Crippen molar-refractivity contribution in [1.82, 2.24) is 5.32 Å². The molecule has 2 aromatic rings. The summed E-state index contributed by atoms with van der Waals surface area (Å²) in [6.45, 7) is 17.9. The number of carbonyl (C=O) groups excluding carboxylic acids is 1. The third-order valence-electron chi connectivity index (χ3n) is 8.06. The summed E-state index contributed by atoms with van der Waals surface area (Å²) in [6.07, 6.45) is 0.291. The topological polar surface area (TPSA) is 93.7 Å². The molecule has 0 saturated carbocycles. The van der Waals surface area contributed by atoms with E-state index in [-0.39, 0.29) is 11.0 Å². The van der Waals surface area contributed by atoms with Gasteiger partial charge in [0.15, 0.2) is 8.32 Å². The van der Waals surface area contributed by atoms with Crippen molar-refractivity contribution in [1.29, 1.82) is 0 Å². The van der Waals surface area contributed by atoms with Gasteiger partial charge in [0.25, 0.3) is 0 Å². The highest BCUT2D eigenvalue weighted by molar-refractivity contribution is 6.74. The summed E-state index contributed by atoms with van der Waals surface area (Å²) in [5.74, 6) is 0.0592. The van der Waals surface area contributed by atoms with E-state index in [2.05, 4.69) is 63.4 Å². The fourth-order valence-corrected chi connectivity index (χ4v) is 5.59. The van der Waals surface area contributed by atoms with Crippen LogP contribution in [-0.2, 0) is 32.8 Å². The standard InChI is InChI=1S/C34H53NO8Si/c1-34(2,3)44(4,5)43-26-25-41-24-23-40-22-21-39-20-19-38-18-17-37-16-10-15-35-33(36)42-27-32-30-13-8-6-11-28(30)29-12-7-9-14-31(29)32/h6-9,11-14,32H,10,15-27H2,1-5H3,(H,35,36). The first-order valence-electron chi connectivity index (χ1n) is 15.8. The fraction of sp³-hybridized carbons (Fsp3) is 0.618. The first-order chi connectivity index (χ1) is 21.2. The number of alkyl carbamates (subject to hydrolysis) is 1. The van der Waals surface area contributed by atoms with E-state index in [1.165, 1.54) is 22.3 Å². The Bertz CT molecular complexity index is 1060. The van der Waals surface area contributed by atoms with Crippen molar-refractivity contribution in [2.45, 2.75) is 51.2 Å². The molecule has 1 N–H and O–H groups in total. The van der Waals surface area contributed by atoms with Crippen LogP contribution in [0.1, 0.15) is 44.2 Å². The smallest absolute Gasteiger partial charge is 0.407 e. The molecule has 0 atom stereocenters. The molecular weight excluding hydrogens is 578 g/mol. The largest absolute Gasteiger partial charge is 0.449 e. The first-order valence-corrected chi connectivity index (χ1v) is 18.7. The number of carbonyl (C=O) groups is 1. The Morgan fingerprint density at radius 3 is 1.59 bits per heavy atom. The second kappa shape index (κ2) is 19.3. The summed E-state index contributed by atoms with van der Waals surface area (Å²) >= 11 is 0. The minimum Gasteiger partial charge on any atom is -0.449 e. The lowest BCUT2D eigenvalue weighted by Crippen LogP contribution is -2.41. The molecule has 0 radical (unpaired) electrons. The van der Waals surface area contributed by atoms with Gasteiger partial charge in [0, 0.05) is 19.1 Å². The molecule has 3 rings (SSSR count). The van der Waals surface area contributed by atoms with Crippen LogP contribution >= 0.6 is 0 Å². The molecule has 2 aromatic carbocycles. The summed E-state index contributed by atoms with van der Waals surface area (Å²) in [5.41, 5.74) is 4.83. The number of hydrogen-bond donors (Lipinski definition) is 1. The van der Waals surface area contributed by atoms with Gasteiger partial charge in [-0.1, -0.05) is 69.3 Å². The van der Waals surface area contributed by atoms with Crippen molar-refractivity contribution < 1.29 is 37.6 Å². The first kappa shape index (κ1) is 36.2. The predicted octanol–water partition coefficient (Wildman–Crippen LogP) is 6.02. The lowest BCUT2D eigenvalue weighted by molar-refractivity contribution is -0.0130. The Morgan fingerprint density at radius 1 is 0.682 bits per heavy atom. The number of fused-ring (bicyclic) bond motifs is 3. The Balaban J connectivity index is 1.06. The number of hydrogen-bond acceptors (Lipinski definition) is 8. The van der Waals surface area contributed by atoms with Crippen LogP contribution in [0.2, 0.25) is 18.1 Å². The molecule has 0 heterocycles. The molecule has 1 aliphatic rings. The maximum atomic E-state index is 12.2. The minimum absolute atomic E-state index is 0.0592. The number of nitrogens with one attached hydrogen (secondary N) is 1. The molecule has 0 fully saturated rings. The van der Waals surface area contributed by atoms with E-state index in [4.69, 9.17) is 32.8 Å². The number of rotatable bonds is 22. The maximum absolute atomic E-state index is 12.2. The highest BCUT2D eigenvalue weighted by atomic mass is 28.4. The van der Waals surface area contributed by atoms with E-state index in [9.17, 15) is 4.79 Å². The van der Waals surface area contributed by atoms with E-state index < -0.39 is 14.4 Å². The van der Waals surface area contributed by atoms with E-state index in [0.717, 1.165) is 0 Å². The molecule has 1 aliphatic carbocycles. The van der Waals surface area contributed by atoms with Crippen molar-refractivity contribution in [2.24, 2.45) is 0 Å². The van der Waals surface area contributed by atoms with E-state index in [1.54, 1.807) is 0 Å². The maximum Gasteiger partial charge on any atom is 0.407 e. The third kappa shape index (κ3) is 12.2. The van der Waals surface area contributed by atoms with Crippen molar-refractivity contribution in [3.63, 3.8) is 0 Å². The van der Waals surface area contributed by atoms with Crippen molar-refractivity contribution >= 4 is 14.4 Å². The van der Waals surface area contributed by atoms with Crippen LogP contribution in [0.4, 0.5) is 4.79 Å². The van der Waals surface area contributed by atoms with Crippen LogP contribution in [0, 0.1) is 0 Å². The van der Waals surface area contributed by atoms with Gasteiger partial charge in [-0.25, -0.2) is 4.79 Å². The minimum atomic E-state index is -1.70. The summed E-state index contributed by atoms with van der Waals surface area (Å²) in [6, 6.07) is 16.6. The summed E-state index contributed by atoms with van der Waals surface area (Å²) in [7, 11) is -1.70. The number of ether oxygens (including phenoxy) is 6. The Labute approximate surface area is 265 Å². The van der Waals surface area contributed by atoms with Crippen molar-refractivity contribution in [3.8, 4) is 11.1 Å². The molecule has 9 nitrogen and oxygen atoms in total. The number of amides is 1. The summed E-state index contributed by atoms with van der Waals surface area (Å²) in [5, 5.41) is 3.02. The van der Waals surface area contributed by atoms with Gasteiger partial charge in [0.2, 0.25) is 0 Å². The molecule has 0 aromatic heterocycles. The van der Waals surface area contributed by atoms with Crippen molar-refractivity contribution in [2.75, 3.05) is 85.8 Å². The average Bonchev–Trinajstić information content (AvgIpc) is 3.32. The van der Waals surface area contributed by atoms with Gasteiger partial charge >= 0.3 is 6.09 Å².